The molecule has 0 radical (unpaired) electrons. The lowest BCUT2D eigenvalue weighted by Gasteiger charge is -2.24. The molecular weight excluding hydrogens is 170 g/mol. The zero-order valence-electron chi connectivity index (χ0n) is 8.32. The van der Waals surface area contributed by atoms with Gasteiger partial charge in [0, 0.05) is 19.2 Å². The van der Waals surface area contributed by atoms with Gasteiger partial charge in [0.2, 0.25) is 0 Å². The van der Waals surface area contributed by atoms with Crippen molar-refractivity contribution in [2.45, 2.75) is 19.4 Å². The van der Waals surface area contributed by atoms with E-state index in [1.54, 1.807) is 19.9 Å². The third-order valence-corrected chi connectivity index (χ3v) is 1.33. The molecule has 2 N–H and O–H groups in total. The summed E-state index contributed by atoms with van der Waals surface area (Å²) < 4.78 is 0. The largest absolute Gasteiger partial charge is 0.478 e. The number of aliphatic hydroxyl groups is 1. The molecule has 0 aliphatic heterocycles. The monoisotopic (exact) mass is 187 g/mol. The Labute approximate surface area is 78.5 Å². The number of carboxylic acid groups (broad SMARTS) is 1. The predicted octanol–water partition coefficient (Wildman–Crippen LogP) is 0.330. The van der Waals surface area contributed by atoms with Crippen LogP contribution in [0.2, 0.25) is 0 Å². The van der Waals surface area contributed by atoms with E-state index in [-0.39, 0.29) is 0 Å². The van der Waals surface area contributed by atoms with Crippen molar-refractivity contribution in [3.8, 4) is 0 Å². The Morgan fingerprint density at radius 1 is 1.54 bits per heavy atom. The number of likely N-dealkylation sites (N-methyl/N-ethyl adjacent to an activating group) is 1. The van der Waals surface area contributed by atoms with E-state index in [4.69, 9.17) is 5.11 Å². The average molecular weight is 187 g/mol. The predicted molar refractivity (Wildman–Crippen MR) is 50.6 cm³/mol. The molecule has 0 heterocycles. The van der Waals surface area contributed by atoms with Crippen LogP contribution >= 0.6 is 0 Å². The van der Waals surface area contributed by atoms with Gasteiger partial charge >= 0.3 is 5.97 Å². The highest BCUT2D eigenvalue weighted by atomic mass is 16.4. The highest BCUT2D eigenvalue weighted by Gasteiger charge is 2.14. The van der Waals surface area contributed by atoms with E-state index in [9.17, 15) is 9.90 Å². The van der Waals surface area contributed by atoms with Crippen LogP contribution in [0.5, 0.6) is 0 Å². The summed E-state index contributed by atoms with van der Waals surface area (Å²) in [6.07, 6.45) is 2.65. The maximum absolute atomic E-state index is 10.1. The van der Waals surface area contributed by atoms with E-state index < -0.39 is 11.6 Å². The minimum atomic E-state index is -0.948. The van der Waals surface area contributed by atoms with Crippen molar-refractivity contribution in [1.82, 2.24) is 4.90 Å². The van der Waals surface area contributed by atoms with E-state index in [0.717, 1.165) is 6.08 Å². The van der Waals surface area contributed by atoms with E-state index >= 15 is 0 Å². The molecule has 0 unspecified atom stereocenters. The number of nitrogens with zero attached hydrogens (tertiary/aromatic N) is 1. The molecular formula is C9H17NO3. The third kappa shape index (κ3) is 9.04. The van der Waals surface area contributed by atoms with Gasteiger partial charge in [0.1, 0.15) is 0 Å². The number of hydrogen-bond acceptors (Lipinski definition) is 3. The quantitative estimate of drug-likeness (QED) is 0.609. The molecule has 4 nitrogen and oxygen atoms in total. The summed E-state index contributed by atoms with van der Waals surface area (Å²) in [6, 6.07) is 0. The Morgan fingerprint density at radius 2 is 2.08 bits per heavy atom. The van der Waals surface area contributed by atoms with Crippen molar-refractivity contribution in [1.29, 1.82) is 0 Å². The normalized spacial score (nSPS) is 12.7. The van der Waals surface area contributed by atoms with Gasteiger partial charge in [-0.15, -0.1) is 0 Å². The number of aliphatic carboxylic acids is 1. The Hall–Kier alpha value is -0.870. The second-order valence-corrected chi connectivity index (χ2v) is 3.75. The summed E-state index contributed by atoms with van der Waals surface area (Å²) in [5.41, 5.74) is -0.744. The van der Waals surface area contributed by atoms with Crippen LogP contribution in [0.3, 0.4) is 0 Å². The molecule has 0 aromatic rings. The van der Waals surface area contributed by atoms with Gasteiger partial charge in [0.15, 0.2) is 0 Å². The minimum Gasteiger partial charge on any atom is -0.478 e. The van der Waals surface area contributed by atoms with Crippen LogP contribution in [0.1, 0.15) is 13.8 Å². The van der Waals surface area contributed by atoms with Crippen LogP contribution < -0.4 is 0 Å². The highest BCUT2D eigenvalue weighted by molar-refractivity contribution is 5.79. The second-order valence-electron chi connectivity index (χ2n) is 3.75. The summed E-state index contributed by atoms with van der Waals surface area (Å²) in [5, 5.41) is 17.7. The van der Waals surface area contributed by atoms with E-state index in [2.05, 4.69) is 0 Å². The number of hydrogen-bond donors (Lipinski definition) is 2. The molecule has 0 atom stereocenters. The first-order valence-electron chi connectivity index (χ1n) is 4.11. The van der Waals surface area contributed by atoms with Crippen molar-refractivity contribution in [2.24, 2.45) is 0 Å². The van der Waals surface area contributed by atoms with Crippen LogP contribution in [0.4, 0.5) is 0 Å². The summed E-state index contributed by atoms with van der Waals surface area (Å²) in [4.78, 5) is 12.0. The van der Waals surface area contributed by atoms with Gasteiger partial charge in [-0.05, 0) is 20.9 Å². The van der Waals surface area contributed by atoms with Crippen LogP contribution in [0.25, 0.3) is 0 Å². The summed E-state index contributed by atoms with van der Waals surface area (Å²) in [5.74, 6) is -0.948. The molecule has 0 saturated heterocycles. The highest BCUT2D eigenvalue weighted by Crippen LogP contribution is 2.02. The molecule has 0 amide bonds. The number of carboxylic acids is 1. The number of carbonyl (C=O) groups is 1. The molecule has 13 heavy (non-hydrogen) atoms. The van der Waals surface area contributed by atoms with Crippen LogP contribution in [-0.2, 0) is 4.79 Å². The summed E-state index contributed by atoms with van der Waals surface area (Å²) in [6.45, 7) is 4.46. The molecule has 4 heteroatoms. The van der Waals surface area contributed by atoms with Gasteiger partial charge in [0.25, 0.3) is 0 Å². The van der Waals surface area contributed by atoms with Gasteiger partial charge < -0.3 is 10.2 Å². The lowest BCUT2D eigenvalue weighted by molar-refractivity contribution is -0.131. The van der Waals surface area contributed by atoms with Crippen LogP contribution in [-0.4, -0.2) is 46.8 Å². The topological polar surface area (TPSA) is 60.8 Å². The smallest absolute Gasteiger partial charge is 0.328 e. The fourth-order valence-electron chi connectivity index (χ4n) is 1.06. The van der Waals surface area contributed by atoms with E-state index in [0.29, 0.717) is 13.1 Å². The van der Waals surface area contributed by atoms with E-state index in [1.165, 1.54) is 0 Å². The van der Waals surface area contributed by atoms with Crippen molar-refractivity contribution in [3.05, 3.63) is 12.2 Å². The standard InChI is InChI=1S/C9H17NO3/c1-9(2,13)7-10(3)6-4-5-8(11)12/h4-5,13H,6-7H2,1-3H3,(H,11,12)/b5-4+. The fourth-order valence-corrected chi connectivity index (χ4v) is 1.06. The molecule has 0 bridgehead atoms. The first kappa shape index (κ1) is 12.1. The van der Waals surface area contributed by atoms with Gasteiger partial charge in [-0.2, -0.15) is 0 Å². The van der Waals surface area contributed by atoms with Gasteiger partial charge in [-0.1, -0.05) is 6.08 Å². The van der Waals surface area contributed by atoms with Crippen LogP contribution in [0.15, 0.2) is 12.2 Å². The number of rotatable bonds is 5. The van der Waals surface area contributed by atoms with Crippen molar-refractivity contribution < 1.29 is 15.0 Å². The Balaban J connectivity index is 3.76. The van der Waals surface area contributed by atoms with E-state index in [1.807, 2.05) is 11.9 Å². The Kier molecular flexibility index (Phi) is 4.66. The van der Waals surface area contributed by atoms with Gasteiger partial charge in [-0.25, -0.2) is 4.79 Å². The lowest BCUT2D eigenvalue weighted by Crippen LogP contribution is -2.36. The van der Waals surface area contributed by atoms with Gasteiger partial charge in [0.05, 0.1) is 5.60 Å². The first-order valence-corrected chi connectivity index (χ1v) is 4.11. The van der Waals surface area contributed by atoms with Crippen LogP contribution in [0, 0.1) is 0 Å². The van der Waals surface area contributed by atoms with Crippen molar-refractivity contribution in [3.63, 3.8) is 0 Å². The molecule has 0 spiro atoms. The molecule has 0 saturated carbocycles. The zero-order valence-corrected chi connectivity index (χ0v) is 8.32. The summed E-state index contributed by atoms with van der Waals surface area (Å²) in [7, 11) is 1.82. The average Bonchev–Trinajstić information content (AvgIpc) is 1.81. The van der Waals surface area contributed by atoms with Gasteiger partial charge in [-0.3, -0.25) is 4.90 Å². The SMILES string of the molecule is CN(C/C=C/C(=O)O)CC(C)(C)O. The summed E-state index contributed by atoms with van der Waals surface area (Å²) >= 11 is 0. The maximum Gasteiger partial charge on any atom is 0.328 e. The molecule has 0 aliphatic rings. The first-order chi connectivity index (χ1) is 5.81. The molecule has 0 rings (SSSR count). The Morgan fingerprint density at radius 3 is 2.46 bits per heavy atom. The molecule has 0 aliphatic carbocycles. The molecule has 0 fully saturated rings. The molecule has 0 aromatic carbocycles. The van der Waals surface area contributed by atoms with Crippen molar-refractivity contribution >= 4 is 5.97 Å². The minimum absolute atomic E-state index is 0.511. The Bertz CT molecular complexity index is 194. The van der Waals surface area contributed by atoms with Crippen molar-refractivity contribution in [2.75, 3.05) is 20.1 Å². The maximum atomic E-state index is 10.1. The third-order valence-electron chi connectivity index (χ3n) is 1.33. The second kappa shape index (κ2) is 4.99. The molecule has 0 aromatic heterocycles. The zero-order chi connectivity index (χ0) is 10.5. The molecule has 76 valence electrons. The fraction of sp³-hybridized carbons (Fsp3) is 0.667. The lowest BCUT2D eigenvalue weighted by atomic mass is 10.1.